The van der Waals surface area contributed by atoms with E-state index in [0.29, 0.717) is 42.9 Å². The molecule has 0 radical (unpaired) electrons. The molecule has 5 rings (SSSR count). The van der Waals surface area contributed by atoms with Gasteiger partial charge in [0.25, 0.3) is 0 Å². The Morgan fingerprint density at radius 1 is 0.952 bits per heavy atom. The van der Waals surface area contributed by atoms with E-state index in [4.69, 9.17) is 9.47 Å². The van der Waals surface area contributed by atoms with Crippen LogP contribution in [0.5, 0.6) is 11.5 Å². The maximum absolute atomic E-state index is 14.4. The molecule has 42 heavy (non-hydrogen) atoms. The normalized spacial score (nSPS) is 19.9. The van der Waals surface area contributed by atoms with Crippen molar-refractivity contribution in [1.29, 1.82) is 0 Å². The summed E-state index contributed by atoms with van der Waals surface area (Å²) in [5.74, 6) is 0.359. The van der Waals surface area contributed by atoms with E-state index < -0.39 is 5.92 Å². The van der Waals surface area contributed by atoms with Crippen molar-refractivity contribution in [2.75, 3.05) is 13.7 Å². The third-order valence-electron chi connectivity index (χ3n) is 8.74. The Morgan fingerprint density at radius 3 is 2.07 bits per heavy atom. The molecule has 0 bridgehead atoms. The number of halogens is 1. The number of Topliss-reactive ketones (excluding diaryl/α,β-unsaturated/α-hetero) is 2. The van der Waals surface area contributed by atoms with Crippen molar-refractivity contribution in [3.8, 4) is 11.5 Å². The van der Waals surface area contributed by atoms with E-state index in [-0.39, 0.29) is 34.8 Å². The molecule has 0 amide bonds. The van der Waals surface area contributed by atoms with Crippen LogP contribution in [0.2, 0.25) is 0 Å². The molecule has 0 atom stereocenters. The smallest absolute Gasteiger partial charge is 0.165 e. The molecule has 0 saturated heterocycles. The second-order valence-corrected chi connectivity index (χ2v) is 13.4. The molecule has 2 aliphatic carbocycles. The minimum absolute atomic E-state index is 0.0349. The van der Waals surface area contributed by atoms with Crippen molar-refractivity contribution in [2.24, 2.45) is 10.8 Å². The number of benzene rings is 2. The molecule has 222 valence electrons. The summed E-state index contributed by atoms with van der Waals surface area (Å²) in [5, 5.41) is 0. The molecular formula is C36H42FNO4. The summed E-state index contributed by atoms with van der Waals surface area (Å²) in [7, 11) is 1.57. The number of methoxy groups -OCH3 is 1. The van der Waals surface area contributed by atoms with E-state index >= 15 is 0 Å². The van der Waals surface area contributed by atoms with Gasteiger partial charge in [0.05, 0.1) is 7.11 Å². The third-order valence-corrected chi connectivity index (χ3v) is 8.74. The van der Waals surface area contributed by atoms with Crippen molar-refractivity contribution in [1.82, 2.24) is 4.90 Å². The van der Waals surface area contributed by atoms with Crippen LogP contribution >= 0.6 is 0 Å². The van der Waals surface area contributed by atoms with Gasteiger partial charge < -0.3 is 14.4 Å². The number of ether oxygens (including phenoxy) is 2. The van der Waals surface area contributed by atoms with Gasteiger partial charge in [-0.1, -0.05) is 58.0 Å². The largest absolute Gasteiger partial charge is 0.493 e. The molecule has 1 aliphatic heterocycles. The van der Waals surface area contributed by atoms with Gasteiger partial charge in [-0.15, -0.1) is 6.58 Å². The number of nitrogens with zero attached hydrogens (tertiary/aromatic N) is 1. The zero-order chi connectivity index (χ0) is 30.4. The van der Waals surface area contributed by atoms with Crippen molar-refractivity contribution in [2.45, 2.75) is 79.2 Å². The predicted octanol–water partition coefficient (Wildman–Crippen LogP) is 7.85. The predicted molar refractivity (Wildman–Crippen MR) is 163 cm³/mol. The van der Waals surface area contributed by atoms with E-state index in [9.17, 15) is 14.0 Å². The lowest BCUT2D eigenvalue weighted by molar-refractivity contribution is -0.119. The Morgan fingerprint density at radius 2 is 1.55 bits per heavy atom. The van der Waals surface area contributed by atoms with Gasteiger partial charge in [0.1, 0.15) is 12.4 Å². The van der Waals surface area contributed by atoms with Crippen LogP contribution in [-0.4, -0.2) is 30.1 Å². The summed E-state index contributed by atoms with van der Waals surface area (Å²) in [6.07, 6.45) is 4.66. The second kappa shape index (κ2) is 11.2. The van der Waals surface area contributed by atoms with Crippen LogP contribution in [0.1, 0.15) is 82.9 Å². The highest BCUT2D eigenvalue weighted by atomic mass is 19.1. The molecule has 0 unspecified atom stereocenters. The molecule has 5 nitrogen and oxygen atoms in total. The Kier molecular flexibility index (Phi) is 7.95. The quantitative estimate of drug-likeness (QED) is 0.302. The Balaban J connectivity index is 1.70. The SMILES string of the molecule is C=CCc1cc(C2C3=C(CC(C)(C)CC3=O)N(CC)C3=C2C(=O)CC(C)(C)C3)cc(OC)c1OCc1ccccc1F. The molecule has 2 aromatic rings. The zero-order valence-corrected chi connectivity index (χ0v) is 25.7. The number of hydrogen-bond donors (Lipinski definition) is 0. The fourth-order valence-corrected chi connectivity index (χ4v) is 7.00. The molecule has 0 saturated carbocycles. The molecule has 0 aromatic heterocycles. The monoisotopic (exact) mass is 571 g/mol. The number of allylic oxidation sites excluding steroid dienone is 5. The average Bonchev–Trinajstić information content (AvgIpc) is 2.90. The van der Waals surface area contributed by atoms with Gasteiger partial charge in [0.15, 0.2) is 23.1 Å². The maximum atomic E-state index is 14.4. The zero-order valence-electron chi connectivity index (χ0n) is 25.7. The third kappa shape index (κ3) is 5.44. The molecule has 1 heterocycles. The van der Waals surface area contributed by atoms with Crippen LogP contribution in [0.15, 0.2) is 71.6 Å². The lowest BCUT2D eigenvalue weighted by Crippen LogP contribution is -2.44. The van der Waals surface area contributed by atoms with Gasteiger partial charge in [0.2, 0.25) is 0 Å². The summed E-state index contributed by atoms with van der Waals surface area (Å²) in [5.41, 5.74) is 5.28. The molecule has 2 aromatic carbocycles. The van der Waals surface area contributed by atoms with Crippen molar-refractivity contribution < 1.29 is 23.5 Å². The van der Waals surface area contributed by atoms with Crippen LogP contribution < -0.4 is 9.47 Å². The summed E-state index contributed by atoms with van der Waals surface area (Å²) in [4.78, 5) is 30.2. The molecule has 3 aliphatic rings. The lowest BCUT2D eigenvalue weighted by Gasteiger charge is -2.49. The van der Waals surface area contributed by atoms with Gasteiger partial charge in [-0.2, -0.15) is 0 Å². The standard InChI is InChI=1S/C36H42FNO4/c1-8-12-22-15-24(16-30(41-7)34(22)42-21-23-13-10-11-14-25(23)37)31-32-26(17-35(3,4)19-28(32)39)38(9-2)27-18-36(5,6)20-29(40)33(27)31/h8,10-11,13-16,31H,1,9,12,17-21H2,2-7H3. The van der Waals surface area contributed by atoms with Crippen molar-refractivity contribution in [3.63, 3.8) is 0 Å². The van der Waals surface area contributed by atoms with E-state index in [1.54, 1.807) is 31.4 Å². The van der Waals surface area contributed by atoms with Crippen LogP contribution in [0.25, 0.3) is 0 Å². The van der Waals surface area contributed by atoms with Crippen LogP contribution in [0.4, 0.5) is 4.39 Å². The second-order valence-electron chi connectivity index (χ2n) is 13.4. The van der Waals surface area contributed by atoms with Gasteiger partial charge in [0, 0.05) is 59.0 Å². The molecule has 0 spiro atoms. The van der Waals surface area contributed by atoms with Gasteiger partial charge in [-0.05, 0) is 54.7 Å². The maximum Gasteiger partial charge on any atom is 0.165 e. The van der Waals surface area contributed by atoms with Gasteiger partial charge in [-0.25, -0.2) is 4.39 Å². The van der Waals surface area contributed by atoms with Crippen LogP contribution in [-0.2, 0) is 22.6 Å². The molecule has 0 N–H and O–H groups in total. The van der Waals surface area contributed by atoms with E-state index in [0.717, 1.165) is 46.5 Å². The summed E-state index contributed by atoms with van der Waals surface area (Å²) in [6, 6.07) is 10.4. The highest BCUT2D eigenvalue weighted by Crippen LogP contribution is 2.55. The Hall–Kier alpha value is -3.67. The van der Waals surface area contributed by atoms with Crippen molar-refractivity contribution in [3.05, 3.63) is 94.1 Å². The number of hydrogen-bond acceptors (Lipinski definition) is 5. The number of rotatable bonds is 8. The van der Waals surface area contributed by atoms with E-state index in [1.165, 1.54) is 6.07 Å². The first kappa shape index (κ1) is 29.8. The molecular weight excluding hydrogens is 529 g/mol. The Bertz CT molecular complexity index is 1460. The topological polar surface area (TPSA) is 55.8 Å². The van der Waals surface area contributed by atoms with Crippen LogP contribution in [0, 0.1) is 16.6 Å². The first-order chi connectivity index (χ1) is 19.9. The van der Waals surface area contributed by atoms with E-state index in [1.807, 2.05) is 12.1 Å². The lowest BCUT2D eigenvalue weighted by atomic mass is 9.63. The van der Waals surface area contributed by atoms with Gasteiger partial charge >= 0.3 is 0 Å². The number of ketones is 2. The highest BCUT2D eigenvalue weighted by molar-refractivity contribution is 6.06. The highest BCUT2D eigenvalue weighted by Gasteiger charge is 2.48. The first-order valence-electron chi connectivity index (χ1n) is 14.9. The van der Waals surface area contributed by atoms with Crippen molar-refractivity contribution >= 4 is 11.6 Å². The summed E-state index contributed by atoms with van der Waals surface area (Å²) >= 11 is 0. The molecule has 6 heteroatoms. The summed E-state index contributed by atoms with van der Waals surface area (Å²) in [6.45, 7) is 15.4. The fourth-order valence-electron chi connectivity index (χ4n) is 7.00. The average molecular weight is 572 g/mol. The fraction of sp³-hybridized carbons (Fsp3) is 0.444. The molecule has 0 fully saturated rings. The Labute approximate surface area is 249 Å². The number of carbonyl (C=O) groups excluding carboxylic acids is 2. The number of carbonyl (C=O) groups is 2. The first-order valence-corrected chi connectivity index (χ1v) is 14.9. The minimum Gasteiger partial charge on any atom is -0.493 e. The van der Waals surface area contributed by atoms with Gasteiger partial charge in [-0.3, -0.25) is 9.59 Å². The minimum atomic E-state index is -0.483. The summed E-state index contributed by atoms with van der Waals surface area (Å²) < 4.78 is 26.4. The van der Waals surface area contributed by atoms with E-state index in [2.05, 4.69) is 46.1 Å². The van der Waals surface area contributed by atoms with Crippen LogP contribution in [0.3, 0.4) is 0 Å².